The normalized spacial score (nSPS) is 25.9. The molecule has 2 atom stereocenters. The minimum Gasteiger partial charge on any atom is -0.341 e. The number of carbonyl (C=O) groups excluding carboxylic acids is 1. The lowest BCUT2D eigenvalue weighted by molar-refractivity contribution is -0.131. The van der Waals surface area contributed by atoms with Crippen LogP contribution in [0.15, 0.2) is 34.9 Å². The molecule has 2 aliphatic heterocycles. The Bertz CT molecular complexity index is 894. The number of aryl methyl sites for hydroxylation is 1. The van der Waals surface area contributed by atoms with Gasteiger partial charge in [-0.2, -0.15) is 4.98 Å². The summed E-state index contributed by atoms with van der Waals surface area (Å²) in [5.74, 6) is 2.67. The van der Waals surface area contributed by atoms with E-state index in [1.54, 1.807) is 0 Å². The summed E-state index contributed by atoms with van der Waals surface area (Å²) in [4.78, 5) is 23.8. The van der Waals surface area contributed by atoms with Crippen LogP contribution in [-0.2, 0) is 11.2 Å². The highest BCUT2D eigenvalue weighted by atomic mass is 16.5. The number of nitrogens with zero attached hydrogens (tertiary/aromatic N) is 5. The fourth-order valence-corrected chi connectivity index (χ4v) is 5.14. The molecule has 0 N–H and O–H groups in total. The van der Waals surface area contributed by atoms with Gasteiger partial charge < -0.3 is 19.2 Å². The number of likely N-dealkylation sites (N-methyl/N-ethyl adjacent to an activating group) is 1. The summed E-state index contributed by atoms with van der Waals surface area (Å²) in [6.45, 7) is 3.90. The third-order valence-corrected chi connectivity index (χ3v) is 6.96. The fraction of sp³-hybridized carbons (Fsp3) is 0.609. The fourth-order valence-electron chi connectivity index (χ4n) is 5.14. The molecule has 1 aromatic carbocycles. The van der Waals surface area contributed by atoms with E-state index in [0.29, 0.717) is 18.4 Å². The quantitative estimate of drug-likeness (QED) is 0.700. The van der Waals surface area contributed by atoms with Crippen LogP contribution in [0.25, 0.3) is 0 Å². The molecule has 1 aromatic heterocycles. The van der Waals surface area contributed by atoms with Gasteiger partial charge in [-0.1, -0.05) is 30.3 Å². The minimum atomic E-state index is 0.0815. The van der Waals surface area contributed by atoms with Crippen molar-refractivity contribution in [1.29, 1.82) is 0 Å². The van der Waals surface area contributed by atoms with Crippen molar-refractivity contribution in [3.05, 3.63) is 41.8 Å². The van der Waals surface area contributed by atoms with Crippen LogP contribution in [0, 0.1) is 11.3 Å². The van der Waals surface area contributed by atoms with Gasteiger partial charge >= 0.3 is 0 Å². The molecule has 3 fully saturated rings. The van der Waals surface area contributed by atoms with E-state index in [2.05, 4.69) is 50.3 Å². The maximum atomic E-state index is 12.8. The summed E-state index contributed by atoms with van der Waals surface area (Å²) >= 11 is 0. The van der Waals surface area contributed by atoms with E-state index in [-0.39, 0.29) is 11.3 Å². The summed E-state index contributed by atoms with van der Waals surface area (Å²) in [5, 5.41) is 4.28. The van der Waals surface area contributed by atoms with Crippen LogP contribution < -0.4 is 4.90 Å². The lowest BCUT2D eigenvalue weighted by Crippen LogP contribution is -2.40. The molecule has 2 saturated heterocycles. The van der Waals surface area contributed by atoms with E-state index < -0.39 is 0 Å². The lowest BCUT2D eigenvalue weighted by Gasteiger charge is -2.29. The van der Waals surface area contributed by atoms with Gasteiger partial charge in [0.2, 0.25) is 11.8 Å². The van der Waals surface area contributed by atoms with E-state index in [1.807, 2.05) is 19.0 Å². The van der Waals surface area contributed by atoms with Crippen molar-refractivity contribution in [2.75, 3.05) is 51.7 Å². The van der Waals surface area contributed by atoms with Gasteiger partial charge in [0.1, 0.15) is 0 Å². The summed E-state index contributed by atoms with van der Waals surface area (Å²) in [5.41, 5.74) is 1.44. The number of hydrogen-bond acceptors (Lipinski definition) is 6. The number of aromatic nitrogens is 2. The molecule has 7 heteroatoms. The van der Waals surface area contributed by atoms with Crippen LogP contribution in [0.1, 0.15) is 36.6 Å². The molecular formula is C23H31N5O2. The zero-order chi connectivity index (χ0) is 20.7. The molecule has 1 saturated carbocycles. The zero-order valence-corrected chi connectivity index (χ0v) is 18.0. The van der Waals surface area contributed by atoms with Crippen LogP contribution >= 0.6 is 0 Å². The first-order chi connectivity index (χ1) is 14.5. The topological polar surface area (TPSA) is 65.7 Å². The molecule has 1 aliphatic carbocycles. The number of fused-ring (bicyclic) bond motifs is 1. The van der Waals surface area contributed by atoms with Crippen molar-refractivity contribution in [1.82, 2.24) is 19.9 Å². The molecule has 0 radical (unpaired) electrons. The number of carbonyl (C=O) groups is 1. The molecule has 30 heavy (non-hydrogen) atoms. The van der Waals surface area contributed by atoms with Crippen molar-refractivity contribution in [3.63, 3.8) is 0 Å². The van der Waals surface area contributed by atoms with E-state index >= 15 is 0 Å². The molecule has 3 heterocycles. The Morgan fingerprint density at radius 2 is 2.00 bits per heavy atom. The number of amides is 1. The molecule has 5 rings (SSSR count). The largest absolute Gasteiger partial charge is 0.341 e. The molecule has 1 amide bonds. The predicted molar refractivity (Wildman–Crippen MR) is 114 cm³/mol. The van der Waals surface area contributed by atoms with Crippen LogP contribution in [0.4, 0.5) is 5.95 Å². The highest BCUT2D eigenvalue weighted by Gasteiger charge is 2.53. The average Bonchev–Trinajstić information content (AvgIpc) is 3.19. The number of likely N-dealkylation sites (tertiary alicyclic amines) is 1. The van der Waals surface area contributed by atoms with Gasteiger partial charge in [-0.3, -0.25) is 4.79 Å². The van der Waals surface area contributed by atoms with E-state index in [0.717, 1.165) is 63.7 Å². The van der Waals surface area contributed by atoms with Gasteiger partial charge in [0.15, 0.2) is 0 Å². The molecule has 3 aliphatic rings. The number of rotatable bonds is 7. The standard InChI is InChI=1S/C23H31N5O2/c1-26(2)14-20(29)27-12-19-13-28(22-24-21(30-25-22)18-8-9-18)16-23(19,15-27)11-10-17-6-4-3-5-7-17/h3-7,18-19H,8-16H2,1-2H3/t19-,23+/m1/s1. The maximum absolute atomic E-state index is 12.8. The van der Waals surface area contributed by atoms with Crippen molar-refractivity contribution < 1.29 is 9.32 Å². The molecular weight excluding hydrogens is 378 g/mol. The zero-order valence-electron chi connectivity index (χ0n) is 18.0. The second-order valence-electron chi connectivity index (χ2n) is 9.64. The average molecular weight is 410 g/mol. The van der Waals surface area contributed by atoms with Crippen LogP contribution in [-0.4, -0.2) is 72.7 Å². The molecule has 2 aromatic rings. The SMILES string of the molecule is CN(C)CC(=O)N1C[C@@H]2CN(c3noc(C4CC4)n3)C[C@]2(CCc2ccccc2)C1. The van der Waals surface area contributed by atoms with Gasteiger partial charge in [-0.15, -0.1) is 0 Å². The van der Waals surface area contributed by atoms with Crippen LogP contribution in [0.5, 0.6) is 0 Å². The van der Waals surface area contributed by atoms with Crippen LogP contribution in [0.3, 0.4) is 0 Å². The highest BCUT2D eigenvalue weighted by Crippen LogP contribution is 2.47. The highest BCUT2D eigenvalue weighted by molar-refractivity contribution is 5.78. The number of benzene rings is 1. The van der Waals surface area contributed by atoms with Crippen molar-refractivity contribution in [3.8, 4) is 0 Å². The monoisotopic (exact) mass is 409 g/mol. The summed E-state index contributed by atoms with van der Waals surface area (Å²) in [6, 6.07) is 10.7. The Balaban J connectivity index is 1.33. The van der Waals surface area contributed by atoms with Crippen LogP contribution in [0.2, 0.25) is 0 Å². The third-order valence-electron chi connectivity index (χ3n) is 6.96. The van der Waals surface area contributed by atoms with E-state index in [4.69, 9.17) is 4.52 Å². The molecule has 7 nitrogen and oxygen atoms in total. The minimum absolute atomic E-state index is 0.0815. The van der Waals surface area contributed by atoms with Gasteiger partial charge in [0.25, 0.3) is 5.95 Å². The first-order valence-electron chi connectivity index (χ1n) is 11.1. The van der Waals surface area contributed by atoms with Gasteiger partial charge in [0, 0.05) is 43.4 Å². The molecule has 0 bridgehead atoms. The van der Waals surface area contributed by atoms with Crippen molar-refractivity contribution >= 4 is 11.9 Å². The second-order valence-corrected chi connectivity index (χ2v) is 9.64. The van der Waals surface area contributed by atoms with Gasteiger partial charge in [0.05, 0.1) is 6.54 Å². The Labute approximate surface area is 178 Å². The predicted octanol–water partition coefficient (Wildman–Crippen LogP) is 2.41. The summed E-state index contributed by atoms with van der Waals surface area (Å²) in [6.07, 6.45) is 4.42. The van der Waals surface area contributed by atoms with Gasteiger partial charge in [-0.05, 0) is 50.5 Å². The number of hydrogen-bond donors (Lipinski definition) is 0. The first-order valence-corrected chi connectivity index (χ1v) is 11.1. The van der Waals surface area contributed by atoms with Gasteiger partial charge in [-0.25, -0.2) is 0 Å². The Kier molecular flexibility index (Phi) is 5.01. The first kappa shape index (κ1) is 19.5. The lowest BCUT2D eigenvalue weighted by atomic mass is 9.76. The summed E-state index contributed by atoms with van der Waals surface area (Å²) in [7, 11) is 3.91. The molecule has 0 spiro atoms. The molecule has 160 valence electrons. The Hall–Kier alpha value is -2.41. The second kappa shape index (κ2) is 7.69. The van der Waals surface area contributed by atoms with Crippen molar-refractivity contribution in [2.24, 2.45) is 11.3 Å². The maximum Gasteiger partial charge on any atom is 0.266 e. The Morgan fingerprint density at radius 1 is 1.20 bits per heavy atom. The van der Waals surface area contributed by atoms with E-state index in [9.17, 15) is 4.79 Å². The van der Waals surface area contributed by atoms with E-state index in [1.165, 1.54) is 5.56 Å². The molecule has 0 unspecified atom stereocenters. The smallest absolute Gasteiger partial charge is 0.266 e. The van der Waals surface area contributed by atoms with Crippen molar-refractivity contribution in [2.45, 2.75) is 31.6 Å². The third kappa shape index (κ3) is 3.83. The number of anilines is 1. The Morgan fingerprint density at radius 3 is 2.73 bits per heavy atom. The summed E-state index contributed by atoms with van der Waals surface area (Å²) < 4.78 is 5.52.